The number of aromatic nitrogens is 2. The normalized spacial score (nSPS) is 19.2. The van der Waals surface area contributed by atoms with Gasteiger partial charge in [0, 0.05) is 18.3 Å². The van der Waals surface area contributed by atoms with Crippen LogP contribution in [0.3, 0.4) is 0 Å². The van der Waals surface area contributed by atoms with Gasteiger partial charge in [-0.3, -0.25) is 4.79 Å². The number of hydrogen-bond donors (Lipinski definition) is 1. The van der Waals surface area contributed by atoms with Crippen molar-refractivity contribution in [2.24, 2.45) is 0 Å². The zero-order valence-corrected chi connectivity index (χ0v) is 13.5. The van der Waals surface area contributed by atoms with E-state index in [1.54, 1.807) is 24.5 Å². The van der Waals surface area contributed by atoms with Crippen LogP contribution in [0.2, 0.25) is 0 Å². The molecular formula is C19H20FN3O. The van der Waals surface area contributed by atoms with Crippen LogP contribution in [0.5, 0.6) is 0 Å². The van der Waals surface area contributed by atoms with E-state index >= 15 is 0 Å². The van der Waals surface area contributed by atoms with Gasteiger partial charge in [0.25, 0.3) is 5.91 Å². The lowest BCUT2D eigenvalue weighted by Crippen LogP contribution is -2.43. The lowest BCUT2D eigenvalue weighted by molar-refractivity contribution is 0.0897. The first-order chi connectivity index (χ1) is 11.7. The summed E-state index contributed by atoms with van der Waals surface area (Å²) in [5, 5.41) is 3.17. The minimum absolute atomic E-state index is 0.163. The standard InChI is InChI=1S/C19H20FN3O/c20-16-7-5-15(6-8-16)19(9-1-2-10-19)23-18(24)14-11-21-17(22-12-14)13-3-4-13/h5-8,11-13H,1-4,9-10H2,(H,23,24). The van der Waals surface area contributed by atoms with E-state index in [-0.39, 0.29) is 11.7 Å². The molecule has 1 aromatic carbocycles. The van der Waals surface area contributed by atoms with Gasteiger partial charge < -0.3 is 5.32 Å². The number of amides is 1. The summed E-state index contributed by atoms with van der Waals surface area (Å²) in [6, 6.07) is 6.45. The van der Waals surface area contributed by atoms with Crippen molar-refractivity contribution in [3.8, 4) is 0 Å². The fourth-order valence-electron chi connectivity index (χ4n) is 3.53. The van der Waals surface area contributed by atoms with Crippen molar-refractivity contribution in [3.05, 3.63) is 59.4 Å². The monoisotopic (exact) mass is 325 g/mol. The summed E-state index contributed by atoms with van der Waals surface area (Å²) in [6.07, 6.45) is 9.34. The number of nitrogens with zero attached hydrogens (tertiary/aromatic N) is 2. The molecule has 0 bridgehead atoms. The highest BCUT2D eigenvalue weighted by atomic mass is 19.1. The first kappa shape index (κ1) is 15.2. The minimum atomic E-state index is -0.417. The summed E-state index contributed by atoms with van der Waals surface area (Å²) in [5.41, 5.74) is 1.03. The summed E-state index contributed by atoms with van der Waals surface area (Å²) in [7, 11) is 0. The van der Waals surface area contributed by atoms with E-state index in [2.05, 4.69) is 15.3 Å². The van der Waals surface area contributed by atoms with Gasteiger partial charge in [-0.1, -0.05) is 25.0 Å². The van der Waals surface area contributed by atoms with Crippen molar-refractivity contribution in [2.75, 3.05) is 0 Å². The lowest BCUT2D eigenvalue weighted by atomic mass is 9.88. The third-order valence-electron chi connectivity index (χ3n) is 5.08. The number of benzene rings is 1. The second-order valence-electron chi connectivity index (χ2n) is 6.85. The van der Waals surface area contributed by atoms with E-state index in [1.807, 2.05) is 0 Å². The zero-order chi connectivity index (χ0) is 16.6. The molecule has 24 heavy (non-hydrogen) atoms. The van der Waals surface area contributed by atoms with Gasteiger partial charge in [-0.05, 0) is 43.4 Å². The second kappa shape index (κ2) is 5.96. The van der Waals surface area contributed by atoms with Crippen LogP contribution in [0.1, 0.15) is 66.2 Å². The molecule has 2 aliphatic carbocycles. The maximum absolute atomic E-state index is 13.2. The van der Waals surface area contributed by atoms with Crippen LogP contribution in [0, 0.1) is 5.82 Å². The van der Waals surface area contributed by atoms with E-state index < -0.39 is 5.54 Å². The average Bonchev–Trinajstić information content (AvgIpc) is 3.35. The van der Waals surface area contributed by atoms with Crippen LogP contribution in [0.4, 0.5) is 4.39 Å². The molecule has 4 nitrogen and oxygen atoms in total. The first-order valence-corrected chi connectivity index (χ1v) is 8.57. The molecule has 4 rings (SSSR count). The largest absolute Gasteiger partial charge is 0.342 e. The number of carbonyl (C=O) groups excluding carboxylic acids is 1. The van der Waals surface area contributed by atoms with E-state index in [0.717, 1.165) is 49.9 Å². The van der Waals surface area contributed by atoms with Gasteiger partial charge in [-0.15, -0.1) is 0 Å². The van der Waals surface area contributed by atoms with E-state index in [1.165, 1.54) is 12.1 Å². The predicted octanol–water partition coefficient (Wildman–Crippen LogP) is 3.69. The highest BCUT2D eigenvalue weighted by Gasteiger charge is 2.37. The van der Waals surface area contributed by atoms with Crippen LogP contribution in [0.15, 0.2) is 36.7 Å². The van der Waals surface area contributed by atoms with Crippen molar-refractivity contribution >= 4 is 5.91 Å². The van der Waals surface area contributed by atoms with Crippen molar-refractivity contribution in [2.45, 2.75) is 50.0 Å². The molecule has 2 fully saturated rings. The van der Waals surface area contributed by atoms with Gasteiger partial charge in [0.1, 0.15) is 11.6 Å². The predicted molar refractivity (Wildman–Crippen MR) is 88.0 cm³/mol. The highest BCUT2D eigenvalue weighted by molar-refractivity contribution is 5.94. The topological polar surface area (TPSA) is 54.9 Å². The molecule has 2 aliphatic rings. The average molecular weight is 325 g/mol. The molecule has 1 aromatic heterocycles. The summed E-state index contributed by atoms with van der Waals surface area (Å²) < 4.78 is 13.2. The molecule has 0 radical (unpaired) electrons. The van der Waals surface area contributed by atoms with Gasteiger partial charge in [0.05, 0.1) is 11.1 Å². The SMILES string of the molecule is O=C(NC1(c2ccc(F)cc2)CCCC1)c1cnc(C2CC2)nc1. The summed E-state index contributed by atoms with van der Waals surface area (Å²) in [5.74, 6) is 0.883. The van der Waals surface area contributed by atoms with Gasteiger partial charge in [0.2, 0.25) is 0 Å². The van der Waals surface area contributed by atoms with Gasteiger partial charge >= 0.3 is 0 Å². The summed E-state index contributed by atoms with van der Waals surface area (Å²) >= 11 is 0. The van der Waals surface area contributed by atoms with Crippen molar-refractivity contribution in [3.63, 3.8) is 0 Å². The van der Waals surface area contributed by atoms with Crippen LogP contribution in [0.25, 0.3) is 0 Å². The number of rotatable bonds is 4. The molecule has 0 atom stereocenters. The van der Waals surface area contributed by atoms with E-state index in [0.29, 0.717) is 11.5 Å². The Morgan fingerprint density at radius 2 is 1.71 bits per heavy atom. The molecule has 2 saturated carbocycles. The van der Waals surface area contributed by atoms with Crippen LogP contribution >= 0.6 is 0 Å². The smallest absolute Gasteiger partial charge is 0.255 e. The lowest BCUT2D eigenvalue weighted by Gasteiger charge is -2.31. The van der Waals surface area contributed by atoms with Crippen LogP contribution < -0.4 is 5.32 Å². The number of halogens is 1. The molecule has 0 aliphatic heterocycles. The Morgan fingerprint density at radius 3 is 2.29 bits per heavy atom. The number of hydrogen-bond acceptors (Lipinski definition) is 3. The van der Waals surface area contributed by atoms with Gasteiger partial charge in [-0.2, -0.15) is 0 Å². The van der Waals surface area contributed by atoms with Crippen molar-refractivity contribution < 1.29 is 9.18 Å². The molecule has 124 valence electrons. The number of nitrogens with one attached hydrogen (secondary N) is 1. The molecule has 2 aromatic rings. The Hall–Kier alpha value is -2.30. The molecule has 0 unspecified atom stereocenters. The highest BCUT2D eigenvalue weighted by Crippen LogP contribution is 2.39. The van der Waals surface area contributed by atoms with Gasteiger partial charge in [0.15, 0.2) is 0 Å². The molecular weight excluding hydrogens is 305 g/mol. The molecule has 0 spiro atoms. The maximum atomic E-state index is 13.2. The Bertz CT molecular complexity index is 732. The second-order valence-corrected chi connectivity index (χ2v) is 6.85. The molecule has 1 heterocycles. The van der Waals surface area contributed by atoms with Gasteiger partial charge in [-0.25, -0.2) is 14.4 Å². The maximum Gasteiger partial charge on any atom is 0.255 e. The Kier molecular flexibility index (Phi) is 3.79. The first-order valence-electron chi connectivity index (χ1n) is 8.57. The number of carbonyl (C=O) groups is 1. The molecule has 1 amide bonds. The molecule has 0 saturated heterocycles. The van der Waals surface area contributed by atoms with Crippen LogP contribution in [-0.2, 0) is 5.54 Å². The fraction of sp³-hybridized carbons (Fsp3) is 0.421. The molecule has 1 N–H and O–H groups in total. The minimum Gasteiger partial charge on any atom is -0.342 e. The zero-order valence-electron chi connectivity index (χ0n) is 13.5. The Labute approximate surface area is 140 Å². The van der Waals surface area contributed by atoms with E-state index in [4.69, 9.17) is 0 Å². The quantitative estimate of drug-likeness (QED) is 0.932. The van der Waals surface area contributed by atoms with E-state index in [9.17, 15) is 9.18 Å². The summed E-state index contributed by atoms with van der Waals surface area (Å²) in [6.45, 7) is 0. The Balaban J connectivity index is 1.56. The Morgan fingerprint density at radius 1 is 1.08 bits per heavy atom. The van der Waals surface area contributed by atoms with Crippen LogP contribution in [-0.4, -0.2) is 15.9 Å². The third-order valence-corrected chi connectivity index (χ3v) is 5.08. The van der Waals surface area contributed by atoms with Crippen molar-refractivity contribution in [1.29, 1.82) is 0 Å². The summed E-state index contributed by atoms with van der Waals surface area (Å²) in [4.78, 5) is 21.3. The molecule has 5 heteroatoms. The third kappa shape index (κ3) is 2.90. The van der Waals surface area contributed by atoms with Crippen molar-refractivity contribution in [1.82, 2.24) is 15.3 Å². The fourth-order valence-corrected chi connectivity index (χ4v) is 3.53.